The summed E-state index contributed by atoms with van der Waals surface area (Å²) in [5.74, 6) is -2.17. The summed E-state index contributed by atoms with van der Waals surface area (Å²) in [5.41, 5.74) is -0.522. The van der Waals surface area contributed by atoms with Crippen molar-refractivity contribution in [2.45, 2.75) is 11.8 Å². The Morgan fingerprint density at radius 1 is 1.27 bits per heavy atom. The van der Waals surface area contributed by atoms with Crippen LogP contribution >= 0.6 is 0 Å². The topological polar surface area (TPSA) is 175 Å². The summed E-state index contributed by atoms with van der Waals surface area (Å²) in [6.45, 7) is 1.32. The molecular formula is C13H13N5O7S. The van der Waals surface area contributed by atoms with Gasteiger partial charge in [0.15, 0.2) is 0 Å². The molecule has 26 heavy (non-hydrogen) atoms. The first kappa shape index (κ1) is 18.9. The Morgan fingerprint density at radius 2 is 1.92 bits per heavy atom. The number of sulfonamides is 1. The zero-order chi connectivity index (χ0) is 19.5. The van der Waals surface area contributed by atoms with Gasteiger partial charge in [-0.05, 0) is 17.1 Å². The molecule has 3 N–H and O–H groups in total. The molecule has 2 amide bonds. The molecule has 0 aliphatic carbocycles. The lowest BCUT2D eigenvalue weighted by Gasteiger charge is -2.12. The standard InChI is InChI=1S/C13H13N5O7S/c1-7-14-13(25-2)16-11(18(7)22)15-12(21)17-26(23,24)9-6-4-3-5-8(9)10(19)20/h3-6H,1-2H3,(H,19,20)(H2,14,15,16,17,21). The number of rotatable bonds is 5. The predicted octanol–water partition coefficient (Wildman–Crippen LogP) is -0.364. The van der Waals surface area contributed by atoms with Gasteiger partial charge in [0.1, 0.15) is 4.90 Å². The van der Waals surface area contributed by atoms with Gasteiger partial charge in [-0.25, -0.2) is 32.8 Å². The molecule has 13 heteroatoms. The minimum absolute atomic E-state index is 0.105. The van der Waals surface area contributed by atoms with Crippen molar-refractivity contribution in [2.24, 2.45) is 0 Å². The maximum atomic E-state index is 12.3. The Kier molecular flexibility index (Phi) is 5.21. The first-order valence-electron chi connectivity index (χ1n) is 6.84. The summed E-state index contributed by atoms with van der Waals surface area (Å²) in [7, 11) is -3.29. The molecular weight excluding hydrogens is 370 g/mol. The number of carboxylic acids is 1. The van der Waals surface area contributed by atoms with E-state index in [-0.39, 0.29) is 16.6 Å². The fraction of sp³-hybridized carbons (Fsp3) is 0.154. The predicted molar refractivity (Wildman–Crippen MR) is 85.0 cm³/mol. The molecule has 2 aromatic rings. The highest BCUT2D eigenvalue weighted by atomic mass is 32.2. The molecule has 0 aliphatic rings. The van der Waals surface area contributed by atoms with Gasteiger partial charge >= 0.3 is 24.0 Å². The number of carbonyl (C=O) groups excluding carboxylic acids is 1. The maximum absolute atomic E-state index is 12.3. The number of anilines is 1. The molecule has 0 spiro atoms. The summed E-state index contributed by atoms with van der Waals surface area (Å²) < 4.78 is 31.0. The van der Waals surface area contributed by atoms with Crippen LogP contribution < -0.4 is 19.5 Å². The van der Waals surface area contributed by atoms with Gasteiger partial charge in [0, 0.05) is 6.92 Å². The number of carboxylic acid groups (broad SMARTS) is 1. The van der Waals surface area contributed by atoms with Gasteiger partial charge in [-0.15, -0.1) is 0 Å². The largest absolute Gasteiger partial charge is 0.754 e. The van der Waals surface area contributed by atoms with E-state index in [0.717, 1.165) is 12.1 Å². The number of aromatic nitrogens is 3. The van der Waals surface area contributed by atoms with E-state index in [0.29, 0.717) is 0 Å². The van der Waals surface area contributed by atoms with Gasteiger partial charge in [0.05, 0.1) is 12.7 Å². The number of urea groups is 1. The molecule has 12 nitrogen and oxygen atoms in total. The van der Waals surface area contributed by atoms with E-state index in [1.165, 1.54) is 26.2 Å². The molecule has 2 rings (SSSR count). The van der Waals surface area contributed by atoms with Crippen LogP contribution in [0.4, 0.5) is 10.7 Å². The molecule has 1 aromatic carbocycles. The van der Waals surface area contributed by atoms with Crippen LogP contribution in [0.5, 0.6) is 6.01 Å². The van der Waals surface area contributed by atoms with Crippen LogP contribution in [0, 0.1) is 12.1 Å². The Bertz CT molecular complexity index is 977. The summed E-state index contributed by atoms with van der Waals surface area (Å²) >= 11 is 0. The Labute approximate surface area is 147 Å². The molecule has 0 saturated carbocycles. The second kappa shape index (κ2) is 7.18. The number of aryl methyl sites for hydroxylation is 1. The summed E-state index contributed by atoms with van der Waals surface area (Å²) in [6.07, 6.45) is 0. The smallest absolute Gasteiger partial charge is 0.436 e. The molecule has 0 radical (unpaired) electrons. The van der Waals surface area contributed by atoms with Crippen molar-refractivity contribution in [1.82, 2.24) is 14.7 Å². The summed E-state index contributed by atoms with van der Waals surface area (Å²) in [4.78, 5) is 29.7. The van der Waals surface area contributed by atoms with Crippen molar-refractivity contribution in [3.05, 3.63) is 40.9 Å². The van der Waals surface area contributed by atoms with E-state index in [1.807, 2.05) is 5.32 Å². The van der Waals surface area contributed by atoms with Gasteiger partial charge in [-0.3, -0.25) is 0 Å². The van der Waals surface area contributed by atoms with Crippen LogP contribution in [0.25, 0.3) is 0 Å². The second-order valence-electron chi connectivity index (χ2n) is 4.74. The van der Waals surface area contributed by atoms with E-state index in [4.69, 9.17) is 9.84 Å². The molecule has 1 heterocycles. The molecule has 138 valence electrons. The average Bonchev–Trinajstić information content (AvgIpc) is 2.58. The Morgan fingerprint density at radius 3 is 2.54 bits per heavy atom. The van der Waals surface area contributed by atoms with Crippen molar-refractivity contribution >= 4 is 28.0 Å². The van der Waals surface area contributed by atoms with E-state index < -0.39 is 38.4 Å². The highest BCUT2D eigenvalue weighted by Crippen LogP contribution is 2.15. The van der Waals surface area contributed by atoms with Crippen molar-refractivity contribution < 1.29 is 32.6 Å². The first-order chi connectivity index (χ1) is 12.2. The lowest BCUT2D eigenvalue weighted by molar-refractivity contribution is -0.603. The van der Waals surface area contributed by atoms with Crippen molar-refractivity contribution in [2.75, 3.05) is 12.4 Å². The van der Waals surface area contributed by atoms with Crippen molar-refractivity contribution in [3.8, 4) is 6.01 Å². The molecule has 0 aliphatic heterocycles. The lowest BCUT2D eigenvalue weighted by Crippen LogP contribution is -2.42. The highest BCUT2D eigenvalue weighted by molar-refractivity contribution is 7.90. The number of ether oxygens (including phenoxy) is 1. The normalized spacial score (nSPS) is 10.8. The lowest BCUT2D eigenvalue weighted by atomic mass is 10.2. The quantitative estimate of drug-likeness (QED) is 0.459. The van der Waals surface area contributed by atoms with Crippen LogP contribution in [0.1, 0.15) is 16.2 Å². The van der Waals surface area contributed by atoms with E-state index >= 15 is 0 Å². The molecule has 0 atom stereocenters. The van der Waals surface area contributed by atoms with Crippen LogP contribution in [0.15, 0.2) is 29.2 Å². The average molecular weight is 383 g/mol. The van der Waals surface area contributed by atoms with Gasteiger partial charge in [-0.1, -0.05) is 17.1 Å². The van der Waals surface area contributed by atoms with Gasteiger partial charge < -0.3 is 15.1 Å². The number of nitrogens with one attached hydrogen (secondary N) is 2. The monoisotopic (exact) mass is 383 g/mol. The van der Waals surface area contributed by atoms with Gasteiger partial charge in [-0.2, -0.15) is 0 Å². The highest BCUT2D eigenvalue weighted by Gasteiger charge is 2.26. The van der Waals surface area contributed by atoms with Crippen LogP contribution in [-0.2, 0) is 10.0 Å². The van der Waals surface area contributed by atoms with E-state index in [2.05, 4.69) is 9.97 Å². The summed E-state index contributed by atoms with van der Waals surface area (Å²) in [6, 6.07) is 3.17. The number of methoxy groups -OCH3 is 1. The minimum atomic E-state index is -4.52. The van der Waals surface area contributed by atoms with E-state index in [1.54, 1.807) is 4.72 Å². The van der Waals surface area contributed by atoms with Crippen LogP contribution in [0.2, 0.25) is 0 Å². The van der Waals surface area contributed by atoms with Crippen molar-refractivity contribution in [1.29, 1.82) is 0 Å². The first-order valence-corrected chi connectivity index (χ1v) is 8.32. The third-order valence-corrected chi connectivity index (χ3v) is 4.38. The Balaban J connectivity index is 2.28. The zero-order valence-electron chi connectivity index (χ0n) is 13.5. The molecule has 0 saturated heterocycles. The van der Waals surface area contributed by atoms with Crippen LogP contribution in [0.3, 0.4) is 0 Å². The summed E-state index contributed by atoms with van der Waals surface area (Å²) in [5, 5.41) is 22.8. The Hall–Kier alpha value is -3.48. The minimum Gasteiger partial charge on any atom is -0.754 e. The number of amides is 2. The van der Waals surface area contributed by atoms with Gasteiger partial charge in [0.2, 0.25) is 5.82 Å². The second-order valence-corrected chi connectivity index (χ2v) is 6.39. The number of hydrogen-bond donors (Lipinski definition) is 3. The third-order valence-electron chi connectivity index (χ3n) is 2.99. The molecule has 0 fully saturated rings. The fourth-order valence-corrected chi connectivity index (χ4v) is 2.96. The fourth-order valence-electron chi connectivity index (χ4n) is 1.85. The van der Waals surface area contributed by atoms with Gasteiger partial charge in [0.25, 0.3) is 10.0 Å². The number of nitrogens with zero attached hydrogens (tertiary/aromatic N) is 3. The third kappa shape index (κ3) is 3.94. The SMILES string of the molecule is COc1nc(C)[n+]([O-])c(NC(=O)NS(=O)(=O)c2ccccc2C(=O)O)n1. The molecule has 0 unspecified atom stereocenters. The molecule has 0 bridgehead atoms. The van der Waals surface area contributed by atoms with Crippen LogP contribution in [-0.4, -0.2) is 42.6 Å². The number of hydrogen-bond acceptors (Lipinski definition) is 8. The number of aromatic carboxylic acids is 1. The maximum Gasteiger partial charge on any atom is 0.436 e. The zero-order valence-corrected chi connectivity index (χ0v) is 14.3. The van der Waals surface area contributed by atoms with Crippen molar-refractivity contribution in [3.63, 3.8) is 0 Å². The molecule has 1 aromatic heterocycles. The number of carbonyl (C=O) groups is 2. The number of benzene rings is 1. The van der Waals surface area contributed by atoms with E-state index in [9.17, 15) is 23.2 Å².